The molecule has 3 heterocycles. The summed E-state index contributed by atoms with van der Waals surface area (Å²) in [5.74, 6) is -0.00525. The highest BCUT2D eigenvalue weighted by Crippen LogP contribution is 2.33. The van der Waals surface area contributed by atoms with Crippen LogP contribution in [0.3, 0.4) is 0 Å². The van der Waals surface area contributed by atoms with Gasteiger partial charge in [-0.25, -0.2) is 4.79 Å². The van der Waals surface area contributed by atoms with Crippen molar-refractivity contribution in [3.63, 3.8) is 0 Å². The maximum Gasteiger partial charge on any atom is 0.325 e. The number of aromatic nitrogens is 2. The zero-order valence-corrected chi connectivity index (χ0v) is 15.5. The minimum atomic E-state index is -0.820. The Hall–Kier alpha value is -2.02. The van der Waals surface area contributed by atoms with E-state index in [1.165, 1.54) is 4.90 Å². The quantitative estimate of drug-likeness (QED) is 0.841. The van der Waals surface area contributed by atoms with Gasteiger partial charge >= 0.3 is 6.03 Å². The third-order valence-electron chi connectivity index (χ3n) is 5.31. The first-order chi connectivity index (χ1) is 11.8. The fourth-order valence-corrected chi connectivity index (χ4v) is 3.82. The first kappa shape index (κ1) is 17.8. The molecule has 7 heteroatoms. The van der Waals surface area contributed by atoms with Crippen LogP contribution in [0, 0.1) is 12.8 Å². The molecule has 0 radical (unpaired) electrons. The molecule has 136 valence electrons. The third-order valence-corrected chi connectivity index (χ3v) is 5.31. The summed E-state index contributed by atoms with van der Waals surface area (Å²) < 4.78 is 0. The molecule has 2 saturated heterocycles. The summed E-state index contributed by atoms with van der Waals surface area (Å²) in [5.41, 5.74) is 1.02. The molecule has 7 nitrogen and oxygen atoms in total. The molecule has 1 aromatic heterocycles. The second kappa shape index (κ2) is 6.71. The number of hydrogen-bond donors (Lipinski definition) is 1. The predicted molar refractivity (Wildman–Crippen MR) is 93.7 cm³/mol. The molecule has 0 saturated carbocycles. The van der Waals surface area contributed by atoms with Crippen molar-refractivity contribution in [1.29, 1.82) is 0 Å². The number of likely N-dealkylation sites (tertiary alicyclic amines) is 1. The van der Waals surface area contributed by atoms with Crippen LogP contribution < -0.4 is 5.32 Å². The Bertz CT molecular complexity index is 660. The summed E-state index contributed by atoms with van der Waals surface area (Å²) in [4.78, 5) is 37.5. The molecule has 0 aromatic carbocycles. The minimum Gasteiger partial charge on any atom is -0.323 e. The zero-order valence-electron chi connectivity index (χ0n) is 15.5. The molecule has 3 rings (SSSR count). The van der Waals surface area contributed by atoms with Gasteiger partial charge in [0.15, 0.2) is 0 Å². The second-order valence-electron chi connectivity index (χ2n) is 7.62. The molecule has 2 atom stereocenters. The standard InChI is InChI=1S/C18H27N5O2/c1-12(2)23-16(24)18(4,21-17(23)25)14-6-5-7-22(10-14)11-15-9-19-13(3)8-20-15/h8-9,12,14H,5-7,10-11H2,1-4H3,(H,21,25)/t14-,18-/m1/s1. The fourth-order valence-electron chi connectivity index (χ4n) is 3.82. The molecule has 1 aromatic rings. The van der Waals surface area contributed by atoms with Crippen LogP contribution in [0.25, 0.3) is 0 Å². The smallest absolute Gasteiger partial charge is 0.323 e. The second-order valence-corrected chi connectivity index (χ2v) is 7.62. The molecule has 2 aliphatic heterocycles. The Kier molecular flexibility index (Phi) is 4.77. The van der Waals surface area contributed by atoms with Gasteiger partial charge in [0.25, 0.3) is 5.91 Å². The Morgan fingerprint density at radius 3 is 2.68 bits per heavy atom. The van der Waals surface area contributed by atoms with Gasteiger partial charge in [-0.05, 0) is 47.1 Å². The van der Waals surface area contributed by atoms with Crippen LogP contribution in [0.2, 0.25) is 0 Å². The molecular weight excluding hydrogens is 318 g/mol. The van der Waals surface area contributed by atoms with E-state index in [1.807, 2.05) is 33.9 Å². The normalized spacial score (nSPS) is 27.9. The Labute approximate surface area is 148 Å². The number of imide groups is 1. The van der Waals surface area contributed by atoms with Gasteiger partial charge in [-0.1, -0.05) is 0 Å². The molecule has 3 amide bonds. The number of rotatable bonds is 4. The van der Waals surface area contributed by atoms with Crippen molar-refractivity contribution in [3.05, 3.63) is 23.8 Å². The Balaban J connectivity index is 1.71. The Morgan fingerprint density at radius 2 is 2.08 bits per heavy atom. The zero-order chi connectivity index (χ0) is 18.2. The lowest BCUT2D eigenvalue weighted by Crippen LogP contribution is -2.56. The van der Waals surface area contributed by atoms with E-state index in [4.69, 9.17) is 0 Å². The first-order valence-electron chi connectivity index (χ1n) is 8.97. The van der Waals surface area contributed by atoms with Crippen LogP contribution >= 0.6 is 0 Å². The summed E-state index contributed by atoms with van der Waals surface area (Å²) in [6, 6.07) is -0.402. The number of aryl methyl sites for hydroxylation is 1. The topological polar surface area (TPSA) is 78.4 Å². The van der Waals surface area contributed by atoms with Gasteiger partial charge in [0.05, 0.1) is 11.4 Å². The average Bonchev–Trinajstić information content (AvgIpc) is 2.80. The van der Waals surface area contributed by atoms with E-state index in [0.29, 0.717) is 0 Å². The van der Waals surface area contributed by atoms with Gasteiger partial charge in [-0.2, -0.15) is 0 Å². The van der Waals surface area contributed by atoms with Crippen molar-refractivity contribution >= 4 is 11.9 Å². The van der Waals surface area contributed by atoms with Gasteiger partial charge in [-0.15, -0.1) is 0 Å². The van der Waals surface area contributed by atoms with E-state index < -0.39 is 5.54 Å². The number of hydrogen-bond acceptors (Lipinski definition) is 5. The lowest BCUT2D eigenvalue weighted by Gasteiger charge is -2.39. The molecule has 0 aliphatic carbocycles. The van der Waals surface area contributed by atoms with Crippen LogP contribution in [0.5, 0.6) is 0 Å². The summed E-state index contributed by atoms with van der Waals surface area (Å²) in [5, 5.41) is 2.96. The van der Waals surface area contributed by atoms with E-state index >= 15 is 0 Å². The summed E-state index contributed by atoms with van der Waals surface area (Å²) in [6.07, 6.45) is 5.53. The molecule has 0 bridgehead atoms. The number of urea groups is 1. The fraction of sp³-hybridized carbons (Fsp3) is 0.667. The lowest BCUT2D eigenvalue weighted by molar-refractivity contribution is -0.134. The molecular formula is C18H27N5O2. The number of piperidine rings is 1. The molecule has 2 aliphatic rings. The summed E-state index contributed by atoms with van der Waals surface area (Å²) in [6.45, 7) is 9.98. The van der Waals surface area contributed by atoms with Gasteiger partial charge < -0.3 is 5.32 Å². The van der Waals surface area contributed by atoms with E-state index in [-0.39, 0.29) is 23.9 Å². The van der Waals surface area contributed by atoms with E-state index in [1.54, 1.807) is 6.20 Å². The summed E-state index contributed by atoms with van der Waals surface area (Å²) in [7, 11) is 0. The number of carbonyl (C=O) groups excluding carboxylic acids is 2. The van der Waals surface area contributed by atoms with Gasteiger partial charge in [-0.3, -0.25) is 24.6 Å². The van der Waals surface area contributed by atoms with Gasteiger partial charge in [0.2, 0.25) is 0 Å². The Morgan fingerprint density at radius 1 is 1.32 bits per heavy atom. The molecule has 25 heavy (non-hydrogen) atoms. The summed E-state index contributed by atoms with van der Waals surface area (Å²) >= 11 is 0. The van der Waals surface area contributed by atoms with E-state index in [2.05, 4.69) is 20.2 Å². The average molecular weight is 345 g/mol. The highest BCUT2D eigenvalue weighted by molar-refractivity contribution is 6.07. The lowest BCUT2D eigenvalue weighted by atomic mass is 9.79. The maximum absolute atomic E-state index is 12.9. The van der Waals surface area contributed by atoms with Crippen molar-refractivity contribution < 1.29 is 9.59 Å². The molecule has 0 unspecified atom stereocenters. The van der Waals surface area contributed by atoms with Crippen LogP contribution in [-0.4, -0.2) is 56.4 Å². The SMILES string of the molecule is Cc1cnc(CN2CCC[C@@H]([C@@]3(C)NC(=O)N(C(C)C)C3=O)C2)cn1. The molecule has 0 spiro atoms. The molecule has 1 N–H and O–H groups in total. The maximum atomic E-state index is 12.9. The van der Waals surface area contributed by atoms with E-state index in [0.717, 1.165) is 43.9 Å². The highest BCUT2D eigenvalue weighted by Gasteiger charge is 2.53. The largest absolute Gasteiger partial charge is 0.325 e. The third kappa shape index (κ3) is 3.38. The van der Waals surface area contributed by atoms with Crippen LogP contribution in [0.1, 0.15) is 45.0 Å². The van der Waals surface area contributed by atoms with Crippen molar-refractivity contribution in [1.82, 2.24) is 25.1 Å². The number of nitrogens with zero attached hydrogens (tertiary/aromatic N) is 4. The van der Waals surface area contributed by atoms with Crippen LogP contribution in [-0.2, 0) is 11.3 Å². The number of carbonyl (C=O) groups is 2. The van der Waals surface area contributed by atoms with Crippen LogP contribution in [0.4, 0.5) is 4.79 Å². The monoisotopic (exact) mass is 345 g/mol. The van der Waals surface area contributed by atoms with Gasteiger partial charge in [0, 0.05) is 37.4 Å². The van der Waals surface area contributed by atoms with Crippen molar-refractivity contribution in [2.45, 2.75) is 58.7 Å². The van der Waals surface area contributed by atoms with Gasteiger partial charge in [0.1, 0.15) is 5.54 Å². The number of amides is 3. The van der Waals surface area contributed by atoms with Crippen molar-refractivity contribution in [3.8, 4) is 0 Å². The predicted octanol–water partition coefficient (Wildman–Crippen LogP) is 1.72. The van der Waals surface area contributed by atoms with Crippen LogP contribution in [0.15, 0.2) is 12.4 Å². The van der Waals surface area contributed by atoms with Crippen molar-refractivity contribution in [2.75, 3.05) is 13.1 Å². The first-order valence-corrected chi connectivity index (χ1v) is 8.97. The van der Waals surface area contributed by atoms with Crippen molar-refractivity contribution in [2.24, 2.45) is 5.92 Å². The molecule has 2 fully saturated rings. The highest BCUT2D eigenvalue weighted by atomic mass is 16.2. The minimum absolute atomic E-state index is 0.0971. The van der Waals surface area contributed by atoms with E-state index in [9.17, 15) is 9.59 Å². The number of nitrogens with one attached hydrogen (secondary N) is 1.